The Hall–Kier alpha value is -3.09. The Labute approximate surface area is 164 Å². The Bertz CT molecular complexity index is 914. The number of rotatable bonds is 6. The molecule has 0 atom stereocenters. The highest BCUT2D eigenvalue weighted by Crippen LogP contribution is 2.24. The number of para-hydroxylation sites is 1. The number of pyridine rings is 1. The van der Waals surface area contributed by atoms with Crippen molar-refractivity contribution in [1.82, 2.24) is 14.8 Å². The van der Waals surface area contributed by atoms with E-state index in [2.05, 4.69) is 16.3 Å². The predicted molar refractivity (Wildman–Crippen MR) is 108 cm³/mol. The number of benzene rings is 1. The maximum Gasteiger partial charge on any atom is 0.263 e. The molecule has 28 heavy (non-hydrogen) atoms. The number of nitrogens with one attached hydrogen (secondary N) is 1. The number of amides is 2. The zero-order valence-electron chi connectivity index (χ0n) is 16.4. The number of carbonyl (C=O) groups excluding carboxylic acids is 2. The van der Waals surface area contributed by atoms with Gasteiger partial charge in [0.1, 0.15) is 12.1 Å². The van der Waals surface area contributed by atoms with Gasteiger partial charge in [-0.1, -0.05) is 18.2 Å². The summed E-state index contributed by atoms with van der Waals surface area (Å²) in [5.74, 6) is -0.646. The molecule has 7 heteroatoms. The Kier molecular flexibility index (Phi) is 6.13. The van der Waals surface area contributed by atoms with Crippen LogP contribution < -0.4 is 15.8 Å². The quantitative estimate of drug-likeness (QED) is 0.821. The van der Waals surface area contributed by atoms with Gasteiger partial charge in [0, 0.05) is 45.6 Å². The first-order chi connectivity index (χ1) is 13.5. The molecule has 1 fully saturated rings. The van der Waals surface area contributed by atoms with Gasteiger partial charge >= 0.3 is 0 Å². The second-order valence-corrected chi connectivity index (χ2v) is 7.15. The standard InChI is InChI=1S/C21H26N4O3/c1-23(2)19(26)15-25-13-7-9-17(21(25)28)20(27)22-14-16-8-3-4-10-18(16)24-11-5-6-12-24/h3-4,7-10,13H,5-6,11-12,14-15H2,1-2H3,(H,22,27). The molecular weight excluding hydrogens is 356 g/mol. The van der Waals surface area contributed by atoms with Gasteiger partial charge in [-0.05, 0) is 36.6 Å². The lowest BCUT2D eigenvalue weighted by molar-refractivity contribution is -0.129. The maximum absolute atomic E-state index is 12.6. The molecule has 2 amide bonds. The zero-order chi connectivity index (χ0) is 20.1. The molecule has 1 aromatic carbocycles. The summed E-state index contributed by atoms with van der Waals surface area (Å²) in [6, 6.07) is 11.1. The van der Waals surface area contributed by atoms with E-state index in [1.165, 1.54) is 34.6 Å². The van der Waals surface area contributed by atoms with Crippen LogP contribution in [0.5, 0.6) is 0 Å². The highest BCUT2D eigenvalue weighted by Gasteiger charge is 2.17. The van der Waals surface area contributed by atoms with Gasteiger partial charge in [0.05, 0.1) is 0 Å². The minimum atomic E-state index is -0.469. The lowest BCUT2D eigenvalue weighted by Crippen LogP contribution is -2.36. The molecule has 0 unspecified atom stereocenters. The molecule has 7 nitrogen and oxygen atoms in total. The van der Waals surface area contributed by atoms with Gasteiger partial charge in [0.2, 0.25) is 5.91 Å². The predicted octanol–water partition coefficient (Wildman–Crippen LogP) is 1.47. The summed E-state index contributed by atoms with van der Waals surface area (Å²) in [7, 11) is 3.25. The third-order valence-corrected chi connectivity index (χ3v) is 4.95. The van der Waals surface area contributed by atoms with Crippen molar-refractivity contribution in [3.05, 3.63) is 64.1 Å². The van der Waals surface area contributed by atoms with Gasteiger partial charge < -0.3 is 19.7 Å². The Morgan fingerprint density at radius 2 is 1.79 bits per heavy atom. The smallest absolute Gasteiger partial charge is 0.263 e. The van der Waals surface area contributed by atoms with E-state index in [4.69, 9.17) is 0 Å². The average molecular weight is 382 g/mol. The number of likely N-dealkylation sites (N-methyl/N-ethyl adjacent to an activating group) is 1. The van der Waals surface area contributed by atoms with E-state index >= 15 is 0 Å². The van der Waals surface area contributed by atoms with E-state index in [9.17, 15) is 14.4 Å². The Morgan fingerprint density at radius 3 is 2.50 bits per heavy atom. The van der Waals surface area contributed by atoms with Crippen molar-refractivity contribution in [3.63, 3.8) is 0 Å². The SMILES string of the molecule is CN(C)C(=O)Cn1cccc(C(=O)NCc2ccccc2N2CCCC2)c1=O. The molecule has 148 valence electrons. The van der Waals surface area contributed by atoms with Crippen molar-refractivity contribution in [2.24, 2.45) is 0 Å². The lowest BCUT2D eigenvalue weighted by Gasteiger charge is -2.21. The average Bonchev–Trinajstić information content (AvgIpc) is 3.22. The monoisotopic (exact) mass is 382 g/mol. The molecule has 0 aliphatic carbocycles. The maximum atomic E-state index is 12.6. The number of anilines is 1. The minimum absolute atomic E-state index is 0.0349. The van der Waals surface area contributed by atoms with Crippen LogP contribution in [0.2, 0.25) is 0 Å². The molecule has 0 bridgehead atoms. The van der Waals surface area contributed by atoms with Crippen molar-refractivity contribution in [1.29, 1.82) is 0 Å². The van der Waals surface area contributed by atoms with Crippen LogP contribution >= 0.6 is 0 Å². The first-order valence-corrected chi connectivity index (χ1v) is 9.48. The van der Waals surface area contributed by atoms with Gasteiger partial charge in [-0.2, -0.15) is 0 Å². The van der Waals surface area contributed by atoms with Crippen LogP contribution in [0, 0.1) is 0 Å². The largest absolute Gasteiger partial charge is 0.371 e. The van der Waals surface area contributed by atoms with Crippen LogP contribution in [0.1, 0.15) is 28.8 Å². The molecule has 0 saturated carbocycles. The van der Waals surface area contributed by atoms with E-state index in [-0.39, 0.29) is 18.0 Å². The fourth-order valence-electron chi connectivity index (χ4n) is 3.32. The highest BCUT2D eigenvalue weighted by molar-refractivity contribution is 5.93. The van der Waals surface area contributed by atoms with Crippen molar-refractivity contribution in [3.8, 4) is 0 Å². The molecule has 3 rings (SSSR count). The summed E-state index contributed by atoms with van der Waals surface area (Å²) in [5, 5.41) is 2.85. The summed E-state index contributed by atoms with van der Waals surface area (Å²) in [6.07, 6.45) is 3.87. The van der Waals surface area contributed by atoms with Crippen molar-refractivity contribution >= 4 is 17.5 Å². The molecule has 1 aromatic heterocycles. The molecule has 0 spiro atoms. The van der Waals surface area contributed by atoms with E-state index in [0.717, 1.165) is 24.3 Å². The molecule has 0 radical (unpaired) electrons. The number of hydrogen-bond acceptors (Lipinski definition) is 4. The second-order valence-electron chi connectivity index (χ2n) is 7.15. The molecule has 2 heterocycles. The Balaban J connectivity index is 1.73. The summed E-state index contributed by atoms with van der Waals surface area (Å²) < 4.78 is 1.26. The summed E-state index contributed by atoms with van der Waals surface area (Å²) in [5.41, 5.74) is 1.72. The van der Waals surface area contributed by atoms with Crippen molar-refractivity contribution < 1.29 is 9.59 Å². The van der Waals surface area contributed by atoms with Gasteiger partial charge in [-0.25, -0.2) is 0 Å². The van der Waals surface area contributed by atoms with Crippen molar-refractivity contribution in [2.75, 3.05) is 32.1 Å². The molecule has 2 aromatic rings. The summed E-state index contributed by atoms with van der Waals surface area (Å²) in [6.45, 7) is 2.30. The molecule has 1 saturated heterocycles. The normalized spacial score (nSPS) is 13.4. The van der Waals surface area contributed by atoms with Gasteiger partial charge in [-0.15, -0.1) is 0 Å². The third-order valence-electron chi connectivity index (χ3n) is 4.95. The number of carbonyl (C=O) groups is 2. The van der Waals surface area contributed by atoms with E-state index in [1.54, 1.807) is 20.2 Å². The molecule has 1 aliphatic rings. The third kappa shape index (κ3) is 4.42. The van der Waals surface area contributed by atoms with Crippen LogP contribution in [-0.4, -0.2) is 48.5 Å². The summed E-state index contributed by atoms with van der Waals surface area (Å²) in [4.78, 5) is 40.8. The first kappa shape index (κ1) is 19.7. The van der Waals surface area contributed by atoms with Gasteiger partial charge in [0.25, 0.3) is 11.5 Å². The first-order valence-electron chi connectivity index (χ1n) is 9.48. The fourth-order valence-corrected chi connectivity index (χ4v) is 3.32. The summed E-state index contributed by atoms with van der Waals surface area (Å²) >= 11 is 0. The van der Waals surface area contributed by atoms with Crippen LogP contribution in [0.4, 0.5) is 5.69 Å². The number of aromatic nitrogens is 1. The number of hydrogen-bond donors (Lipinski definition) is 1. The highest BCUT2D eigenvalue weighted by atomic mass is 16.2. The molecular formula is C21H26N4O3. The van der Waals surface area contributed by atoms with Crippen molar-refractivity contribution in [2.45, 2.75) is 25.9 Å². The zero-order valence-corrected chi connectivity index (χ0v) is 16.4. The van der Waals surface area contributed by atoms with E-state index in [1.807, 2.05) is 18.2 Å². The van der Waals surface area contributed by atoms with Crippen LogP contribution in [0.25, 0.3) is 0 Å². The fraction of sp³-hybridized carbons (Fsp3) is 0.381. The second kappa shape index (κ2) is 8.73. The van der Waals surface area contributed by atoms with E-state index < -0.39 is 11.5 Å². The lowest BCUT2D eigenvalue weighted by atomic mass is 10.1. The number of nitrogens with zero attached hydrogens (tertiary/aromatic N) is 3. The Morgan fingerprint density at radius 1 is 1.07 bits per heavy atom. The van der Waals surface area contributed by atoms with Gasteiger partial charge in [-0.3, -0.25) is 14.4 Å². The van der Waals surface area contributed by atoms with Crippen LogP contribution in [-0.2, 0) is 17.9 Å². The topological polar surface area (TPSA) is 74.7 Å². The molecule has 1 N–H and O–H groups in total. The minimum Gasteiger partial charge on any atom is -0.371 e. The van der Waals surface area contributed by atoms with Gasteiger partial charge in [0.15, 0.2) is 0 Å². The van der Waals surface area contributed by atoms with E-state index in [0.29, 0.717) is 6.54 Å². The van der Waals surface area contributed by atoms with Crippen LogP contribution in [0.15, 0.2) is 47.4 Å². The van der Waals surface area contributed by atoms with Crippen LogP contribution in [0.3, 0.4) is 0 Å². The molecule has 1 aliphatic heterocycles.